The van der Waals surface area contributed by atoms with Gasteiger partial charge >= 0.3 is 5.97 Å². The van der Waals surface area contributed by atoms with Crippen LogP contribution in [0.25, 0.3) is 6.08 Å². The first-order chi connectivity index (χ1) is 11.2. The van der Waals surface area contributed by atoms with Crippen molar-refractivity contribution in [3.8, 4) is 11.8 Å². The van der Waals surface area contributed by atoms with Crippen LogP contribution in [-0.4, -0.2) is 19.2 Å². The van der Waals surface area contributed by atoms with Crippen molar-refractivity contribution < 1.29 is 18.7 Å². The normalized spacial score (nSPS) is 10.3. The van der Waals surface area contributed by atoms with Gasteiger partial charge in [-0.3, -0.25) is 0 Å². The van der Waals surface area contributed by atoms with Crippen molar-refractivity contribution in [3.63, 3.8) is 0 Å². The molecule has 23 heavy (non-hydrogen) atoms. The quantitative estimate of drug-likeness (QED) is 0.466. The Balaban J connectivity index is 1.73. The minimum Gasteiger partial charge on any atom is -0.487 e. The van der Waals surface area contributed by atoms with E-state index in [4.69, 9.17) is 14.7 Å². The Bertz CT molecular complexity index is 733. The van der Waals surface area contributed by atoms with Crippen molar-refractivity contribution in [2.75, 3.05) is 13.2 Å². The average Bonchev–Trinajstić information content (AvgIpc) is 2.59. The minimum atomic E-state index is -0.522. The van der Waals surface area contributed by atoms with Crippen LogP contribution in [-0.2, 0) is 9.53 Å². The number of ether oxygens (including phenoxy) is 2. The van der Waals surface area contributed by atoms with Crippen molar-refractivity contribution in [2.24, 2.45) is 0 Å². The molecule has 0 aliphatic carbocycles. The van der Waals surface area contributed by atoms with Crippen molar-refractivity contribution in [2.45, 2.75) is 0 Å². The van der Waals surface area contributed by atoms with Gasteiger partial charge in [0.25, 0.3) is 0 Å². The van der Waals surface area contributed by atoms with Gasteiger partial charge in [-0.25, -0.2) is 9.18 Å². The summed E-state index contributed by atoms with van der Waals surface area (Å²) in [6.07, 6.45) is 2.87. The zero-order chi connectivity index (χ0) is 16.5. The molecule has 2 rings (SSSR count). The molecule has 4 nitrogen and oxygen atoms in total. The van der Waals surface area contributed by atoms with E-state index in [1.807, 2.05) is 6.07 Å². The summed E-state index contributed by atoms with van der Waals surface area (Å²) in [6, 6.07) is 14.8. The van der Waals surface area contributed by atoms with Crippen LogP contribution in [0.1, 0.15) is 11.1 Å². The molecule has 0 aromatic heterocycles. The van der Waals surface area contributed by atoms with Crippen molar-refractivity contribution in [1.82, 2.24) is 0 Å². The highest BCUT2D eigenvalue weighted by Gasteiger charge is 2.02. The van der Waals surface area contributed by atoms with Gasteiger partial charge in [0, 0.05) is 6.08 Å². The smallest absolute Gasteiger partial charge is 0.330 e. The van der Waals surface area contributed by atoms with E-state index in [0.717, 1.165) is 5.56 Å². The number of hydrogen-bond acceptors (Lipinski definition) is 4. The second-order valence-electron chi connectivity index (χ2n) is 4.51. The molecule has 116 valence electrons. The SMILES string of the molecule is N#Cc1ccc(/C=C/C(=O)OCCOc2ccccc2F)cc1. The van der Waals surface area contributed by atoms with Gasteiger partial charge in [-0.15, -0.1) is 0 Å². The number of carbonyl (C=O) groups is 1. The van der Waals surface area contributed by atoms with Gasteiger partial charge in [0.05, 0.1) is 11.6 Å². The molecule has 0 saturated carbocycles. The third kappa shape index (κ3) is 5.29. The first-order valence-electron chi connectivity index (χ1n) is 6.91. The topological polar surface area (TPSA) is 59.3 Å². The Morgan fingerprint density at radius 3 is 2.57 bits per heavy atom. The second kappa shape index (κ2) is 8.35. The van der Waals surface area contributed by atoms with Crippen LogP contribution in [0.15, 0.2) is 54.6 Å². The van der Waals surface area contributed by atoms with Gasteiger partial charge in [-0.1, -0.05) is 24.3 Å². The molecular weight excluding hydrogens is 297 g/mol. The number of nitrogens with zero attached hydrogens (tertiary/aromatic N) is 1. The van der Waals surface area contributed by atoms with E-state index in [1.165, 1.54) is 18.2 Å². The third-order valence-corrected chi connectivity index (χ3v) is 2.87. The molecule has 0 bridgehead atoms. The zero-order valence-electron chi connectivity index (χ0n) is 12.2. The first kappa shape index (κ1) is 16.2. The number of benzene rings is 2. The van der Waals surface area contributed by atoms with Crippen LogP contribution in [0.3, 0.4) is 0 Å². The predicted octanol–water partition coefficient (Wildman–Crippen LogP) is 3.33. The number of nitriles is 1. The lowest BCUT2D eigenvalue weighted by molar-refractivity contribution is -0.138. The molecule has 0 aliphatic rings. The first-order valence-corrected chi connectivity index (χ1v) is 6.91. The van der Waals surface area contributed by atoms with Crippen molar-refractivity contribution in [1.29, 1.82) is 5.26 Å². The number of rotatable bonds is 6. The predicted molar refractivity (Wildman–Crippen MR) is 83.0 cm³/mol. The molecule has 0 fully saturated rings. The van der Waals surface area contributed by atoms with Gasteiger partial charge in [0.1, 0.15) is 13.2 Å². The molecular formula is C18H14FNO3. The van der Waals surface area contributed by atoms with Crippen LogP contribution in [0, 0.1) is 17.1 Å². The molecule has 0 spiro atoms. The molecule has 2 aromatic rings. The lowest BCUT2D eigenvalue weighted by atomic mass is 10.1. The van der Waals surface area contributed by atoms with E-state index < -0.39 is 11.8 Å². The molecule has 5 heteroatoms. The maximum absolute atomic E-state index is 13.3. The molecule has 0 N–H and O–H groups in total. The maximum Gasteiger partial charge on any atom is 0.330 e. The Morgan fingerprint density at radius 1 is 1.13 bits per heavy atom. The fraction of sp³-hybridized carbons (Fsp3) is 0.111. The number of para-hydroxylation sites is 1. The van der Waals surface area contributed by atoms with Gasteiger partial charge in [-0.2, -0.15) is 5.26 Å². The summed E-state index contributed by atoms with van der Waals surface area (Å²) in [7, 11) is 0. The van der Waals surface area contributed by atoms with E-state index in [1.54, 1.807) is 42.5 Å². The fourth-order valence-corrected chi connectivity index (χ4v) is 1.74. The molecule has 0 radical (unpaired) electrons. The van der Waals surface area contributed by atoms with Crippen LogP contribution >= 0.6 is 0 Å². The number of hydrogen-bond donors (Lipinski definition) is 0. The monoisotopic (exact) mass is 311 g/mol. The number of halogens is 1. The van der Waals surface area contributed by atoms with Crippen LogP contribution in [0.5, 0.6) is 5.75 Å². The highest BCUT2D eigenvalue weighted by Crippen LogP contribution is 2.14. The number of carbonyl (C=O) groups excluding carboxylic acids is 1. The zero-order valence-corrected chi connectivity index (χ0v) is 12.2. The molecule has 0 amide bonds. The summed E-state index contributed by atoms with van der Waals surface area (Å²) >= 11 is 0. The molecule has 0 aliphatic heterocycles. The highest BCUT2D eigenvalue weighted by molar-refractivity contribution is 5.87. The van der Waals surface area contributed by atoms with Crippen LogP contribution in [0.4, 0.5) is 4.39 Å². The number of esters is 1. The van der Waals surface area contributed by atoms with E-state index in [2.05, 4.69) is 0 Å². The summed E-state index contributed by atoms with van der Waals surface area (Å²) in [4.78, 5) is 11.5. The standard InChI is InChI=1S/C18H14FNO3/c19-16-3-1-2-4-17(16)22-11-12-23-18(21)10-9-14-5-7-15(13-20)8-6-14/h1-10H,11-12H2/b10-9+. The third-order valence-electron chi connectivity index (χ3n) is 2.87. The molecule has 0 atom stereocenters. The lowest BCUT2D eigenvalue weighted by Crippen LogP contribution is -2.10. The van der Waals surface area contributed by atoms with Gasteiger partial charge in [0.15, 0.2) is 11.6 Å². The summed E-state index contributed by atoms with van der Waals surface area (Å²) in [5.41, 5.74) is 1.33. The largest absolute Gasteiger partial charge is 0.487 e. The molecule has 0 heterocycles. The van der Waals surface area contributed by atoms with Crippen LogP contribution < -0.4 is 4.74 Å². The van der Waals surface area contributed by atoms with Crippen LogP contribution in [0.2, 0.25) is 0 Å². The molecule has 0 unspecified atom stereocenters. The molecule has 2 aromatic carbocycles. The fourth-order valence-electron chi connectivity index (χ4n) is 1.74. The Kier molecular flexibility index (Phi) is 5.89. The highest BCUT2D eigenvalue weighted by atomic mass is 19.1. The van der Waals surface area contributed by atoms with Gasteiger partial charge in [-0.05, 0) is 35.9 Å². The van der Waals surface area contributed by atoms with Gasteiger partial charge < -0.3 is 9.47 Å². The Hall–Kier alpha value is -3.13. The minimum absolute atomic E-state index is 0.0187. The lowest BCUT2D eigenvalue weighted by Gasteiger charge is -2.06. The van der Waals surface area contributed by atoms with Gasteiger partial charge in [0.2, 0.25) is 0 Å². The summed E-state index contributed by atoms with van der Waals surface area (Å²) in [6.45, 7) is 0.0856. The summed E-state index contributed by atoms with van der Waals surface area (Å²) in [5.74, 6) is -0.859. The molecule has 0 saturated heterocycles. The van der Waals surface area contributed by atoms with E-state index >= 15 is 0 Å². The summed E-state index contributed by atoms with van der Waals surface area (Å²) in [5, 5.41) is 8.69. The van der Waals surface area contributed by atoms with Crippen molar-refractivity contribution >= 4 is 12.0 Å². The van der Waals surface area contributed by atoms with E-state index in [0.29, 0.717) is 5.56 Å². The van der Waals surface area contributed by atoms with Crippen molar-refractivity contribution in [3.05, 3.63) is 71.6 Å². The maximum atomic E-state index is 13.3. The van der Waals surface area contributed by atoms with E-state index in [9.17, 15) is 9.18 Å². The Labute approximate surface area is 133 Å². The second-order valence-corrected chi connectivity index (χ2v) is 4.51. The van der Waals surface area contributed by atoms with E-state index in [-0.39, 0.29) is 19.0 Å². The average molecular weight is 311 g/mol. The summed E-state index contributed by atoms with van der Waals surface area (Å²) < 4.78 is 23.4. The Morgan fingerprint density at radius 2 is 1.87 bits per heavy atom.